The van der Waals surface area contributed by atoms with Crippen molar-refractivity contribution in [3.05, 3.63) is 48.0 Å². The van der Waals surface area contributed by atoms with Crippen molar-refractivity contribution in [2.24, 2.45) is 5.73 Å². The summed E-state index contributed by atoms with van der Waals surface area (Å²) in [6.07, 6.45) is 5.44. The second-order valence-corrected chi connectivity index (χ2v) is 4.63. The van der Waals surface area contributed by atoms with Gasteiger partial charge >= 0.3 is 0 Å². The quantitative estimate of drug-likeness (QED) is 0.895. The van der Waals surface area contributed by atoms with Crippen LogP contribution in [0, 0.1) is 6.92 Å². The maximum Gasteiger partial charge on any atom is 0.129 e. The minimum Gasteiger partial charge on any atom is -0.327 e. The van der Waals surface area contributed by atoms with Gasteiger partial charge in [-0.05, 0) is 18.9 Å². The maximum atomic E-state index is 5.89. The highest BCUT2D eigenvalue weighted by Crippen LogP contribution is 2.18. The van der Waals surface area contributed by atoms with E-state index in [1.54, 1.807) is 0 Å². The molecule has 2 rings (SSSR count). The third-order valence-corrected chi connectivity index (χ3v) is 3.03. The maximum absolute atomic E-state index is 5.89. The second kappa shape index (κ2) is 5.74. The smallest absolute Gasteiger partial charge is 0.129 e. The van der Waals surface area contributed by atoms with Crippen LogP contribution in [0.1, 0.15) is 24.7 Å². The Bertz CT molecular complexity index is 505. The lowest BCUT2D eigenvalue weighted by Crippen LogP contribution is -2.22. The van der Waals surface area contributed by atoms with Gasteiger partial charge in [0.05, 0.1) is 0 Å². The van der Waals surface area contributed by atoms with Crippen LogP contribution < -0.4 is 5.73 Å². The van der Waals surface area contributed by atoms with Crippen LogP contribution in [0.3, 0.4) is 0 Å². The largest absolute Gasteiger partial charge is 0.327 e. The van der Waals surface area contributed by atoms with Gasteiger partial charge in [0.2, 0.25) is 0 Å². The van der Waals surface area contributed by atoms with Crippen molar-refractivity contribution in [3.63, 3.8) is 0 Å². The molecule has 0 aliphatic heterocycles. The van der Waals surface area contributed by atoms with Gasteiger partial charge < -0.3 is 5.73 Å². The van der Waals surface area contributed by atoms with Crippen LogP contribution in [-0.2, 0) is 6.42 Å². The van der Waals surface area contributed by atoms with Crippen LogP contribution in [0.15, 0.2) is 36.7 Å². The molecule has 2 aromatic rings. The highest BCUT2D eigenvalue weighted by molar-refractivity contribution is 5.62. The number of hydrogen-bond donors (Lipinski definition) is 1. The number of nitrogens with zero attached hydrogens (tertiary/aromatic N) is 2. The molecule has 1 aromatic heterocycles. The van der Waals surface area contributed by atoms with Crippen molar-refractivity contribution in [1.82, 2.24) is 9.97 Å². The topological polar surface area (TPSA) is 51.8 Å². The Labute approximate surface area is 108 Å². The highest BCUT2D eigenvalue weighted by atomic mass is 14.9. The first-order valence-corrected chi connectivity index (χ1v) is 6.32. The van der Waals surface area contributed by atoms with Crippen LogP contribution >= 0.6 is 0 Å². The van der Waals surface area contributed by atoms with Crippen molar-refractivity contribution in [1.29, 1.82) is 0 Å². The predicted octanol–water partition coefficient (Wildman–Crippen LogP) is 2.73. The molecular weight excluding hydrogens is 222 g/mol. The van der Waals surface area contributed by atoms with Crippen molar-refractivity contribution < 1.29 is 0 Å². The molecule has 0 saturated heterocycles. The summed E-state index contributed by atoms with van der Waals surface area (Å²) in [5.41, 5.74) is 9.34. The molecule has 0 radical (unpaired) electrons. The average molecular weight is 241 g/mol. The fourth-order valence-corrected chi connectivity index (χ4v) is 1.81. The Morgan fingerprint density at radius 3 is 2.50 bits per heavy atom. The lowest BCUT2D eigenvalue weighted by molar-refractivity contribution is 0.624. The Morgan fingerprint density at radius 2 is 1.89 bits per heavy atom. The Balaban J connectivity index is 2.17. The molecule has 0 aliphatic rings. The summed E-state index contributed by atoms with van der Waals surface area (Å²) in [5, 5.41) is 0. The predicted molar refractivity (Wildman–Crippen MR) is 74.2 cm³/mol. The SMILES string of the molecule is CCC(N)Cc1ncc(-c2cccc(C)c2)cn1. The Hall–Kier alpha value is -1.74. The number of hydrogen-bond acceptors (Lipinski definition) is 3. The van der Waals surface area contributed by atoms with Gasteiger partial charge in [0.15, 0.2) is 0 Å². The minimum absolute atomic E-state index is 0.148. The minimum atomic E-state index is 0.148. The standard InChI is InChI=1S/C15H19N3/c1-3-14(16)8-15-17-9-13(10-18-15)12-6-4-5-11(2)7-12/h4-7,9-10,14H,3,8,16H2,1-2H3. The van der Waals surface area contributed by atoms with Gasteiger partial charge in [0.25, 0.3) is 0 Å². The van der Waals surface area contributed by atoms with E-state index in [9.17, 15) is 0 Å². The number of nitrogens with two attached hydrogens (primary N) is 1. The third-order valence-electron chi connectivity index (χ3n) is 3.03. The van der Waals surface area contributed by atoms with Crippen molar-refractivity contribution in [3.8, 4) is 11.1 Å². The molecule has 2 N–H and O–H groups in total. The van der Waals surface area contributed by atoms with E-state index in [1.807, 2.05) is 18.5 Å². The number of benzene rings is 1. The molecule has 0 saturated carbocycles. The van der Waals surface area contributed by atoms with Gasteiger partial charge in [-0.25, -0.2) is 9.97 Å². The average Bonchev–Trinajstić information content (AvgIpc) is 2.39. The van der Waals surface area contributed by atoms with E-state index in [0.717, 1.165) is 29.8 Å². The first-order valence-electron chi connectivity index (χ1n) is 6.32. The van der Waals surface area contributed by atoms with Gasteiger partial charge in [-0.3, -0.25) is 0 Å². The summed E-state index contributed by atoms with van der Waals surface area (Å²) >= 11 is 0. The molecule has 0 amide bonds. The van der Waals surface area contributed by atoms with E-state index in [1.165, 1.54) is 5.56 Å². The van der Waals surface area contributed by atoms with E-state index < -0.39 is 0 Å². The molecule has 94 valence electrons. The van der Waals surface area contributed by atoms with E-state index in [-0.39, 0.29) is 6.04 Å². The van der Waals surface area contributed by atoms with Crippen molar-refractivity contribution in [2.75, 3.05) is 0 Å². The van der Waals surface area contributed by atoms with Crippen molar-refractivity contribution in [2.45, 2.75) is 32.7 Å². The number of rotatable bonds is 4. The van der Waals surface area contributed by atoms with E-state index in [4.69, 9.17) is 5.73 Å². The molecule has 3 nitrogen and oxygen atoms in total. The summed E-state index contributed by atoms with van der Waals surface area (Å²) in [7, 11) is 0. The van der Waals surface area contributed by atoms with Gasteiger partial charge in [-0.1, -0.05) is 36.8 Å². The summed E-state index contributed by atoms with van der Waals surface area (Å²) in [6.45, 7) is 4.16. The Morgan fingerprint density at radius 1 is 1.17 bits per heavy atom. The normalized spacial score (nSPS) is 12.4. The van der Waals surface area contributed by atoms with E-state index in [0.29, 0.717) is 0 Å². The third kappa shape index (κ3) is 3.14. The molecule has 1 aromatic carbocycles. The zero-order chi connectivity index (χ0) is 13.0. The molecule has 1 unspecified atom stereocenters. The van der Waals surface area contributed by atoms with Crippen LogP contribution in [0.4, 0.5) is 0 Å². The zero-order valence-corrected chi connectivity index (χ0v) is 10.9. The number of aromatic nitrogens is 2. The van der Waals surface area contributed by atoms with Crippen LogP contribution in [-0.4, -0.2) is 16.0 Å². The molecule has 1 atom stereocenters. The first-order chi connectivity index (χ1) is 8.69. The fourth-order valence-electron chi connectivity index (χ4n) is 1.81. The summed E-state index contributed by atoms with van der Waals surface area (Å²) in [5.74, 6) is 0.820. The van der Waals surface area contributed by atoms with E-state index in [2.05, 4.69) is 42.0 Å². The van der Waals surface area contributed by atoms with Gasteiger partial charge in [-0.2, -0.15) is 0 Å². The van der Waals surface area contributed by atoms with Crippen LogP contribution in [0.25, 0.3) is 11.1 Å². The van der Waals surface area contributed by atoms with Gasteiger partial charge in [-0.15, -0.1) is 0 Å². The van der Waals surface area contributed by atoms with Gasteiger partial charge in [0, 0.05) is 30.4 Å². The monoisotopic (exact) mass is 241 g/mol. The molecule has 3 heteroatoms. The summed E-state index contributed by atoms with van der Waals surface area (Å²) in [4.78, 5) is 8.76. The van der Waals surface area contributed by atoms with Crippen molar-refractivity contribution >= 4 is 0 Å². The van der Waals surface area contributed by atoms with Crippen LogP contribution in [0.2, 0.25) is 0 Å². The zero-order valence-electron chi connectivity index (χ0n) is 10.9. The Kier molecular flexibility index (Phi) is 4.05. The van der Waals surface area contributed by atoms with Crippen LogP contribution in [0.5, 0.6) is 0 Å². The first kappa shape index (κ1) is 12.7. The highest BCUT2D eigenvalue weighted by Gasteiger charge is 2.05. The fraction of sp³-hybridized carbons (Fsp3) is 0.333. The summed E-state index contributed by atoms with van der Waals surface area (Å²) < 4.78 is 0. The molecular formula is C15H19N3. The van der Waals surface area contributed by atoms with E-state index >= 15 is 0 Å². The molecule has 0 fully saturated rings. The second-order valence-electron chi connectivity index (χ2n) is 4.63. The molecule has 1 heterocycles. The lowest BCUT2D eigenvalue weighted by atomic mass is 10.1. The summed E-state index contributed by atoms with van der Waals surface area (Å²) in [6, 6.07) is 8.49. The van der Waals surface area contributed by atoms with Gasteiger partial charge in [0.1, 0.15) is 5.82 Å². The molecule has 0 aliphatic carbocycles. The number of aryl methyl sites for hydroxylation is 1. The lowest BCUT2D eigenvalue weighted by Gasteiger charge is -2.07. The molecule has 0 spiro atoms. The molecule has 0 bridgehead atoms. The molecule has 18 heavy (non-hydrogen) atoms.